The molecule has 2 aromatic rings. The van der Waals surface area contributed by atoms with Crippen LogP contribution >= 0.6 is 0 Å². The quantitative estimate of drug-likeness (QED) is 0.901. The third-order valence-corrected chi connectivity index (χ3v) is 4.73. The van der Waals surface area contributed by atoms with Crippen molar-refractivity contribution in [2.45, 2.75) is 20.4 Å². The number of piperazine rings is 1. The number of amides is 1. The Hall–Kier alpha value is -2.47. The molecule has 1 aliphatic heterocycles. The van der Waals surface area contributed by atoms with Gasteiger partial charge in [-0.05, 0) is 36.7 Å². The second-order valence-electron chi connectivity index (χ2n) is 6.31. The molecule has 2 heterocycles. The minimum absolute atomic E-state index is 0.196. The summed E-state index contributed by atoms with van der Waals surface area (Å²) in [6, 6.07) is 11.7. The first-order valence-electron chi connectivity index (χ1n) is 8.81. The topological polar surface area (TPSA) is 61.4 Å². The summed E-state index contributed by atoms with van der Waals surface area (Å²) < 4.78 is 0. The maximum absolute atomic E-state index is 12.3. The Labute approximate surface area is 148 Å². The van der Waals surface area contributed by atoms with Gasteiger partial charge in [-0.1, -0.05) is 31.2 Å². The number of hydrogen-bond donors (Lipinski definition) is 1. The highest BCUT2D eigenvalue weighted by atomic mass is 16.1. The van der Waals surface area contributed by atoms with Gasteiger partial charge in [0.15, 0.2) is 11.5 Å². The highest BCUT2D eigenvalue weighted by Crippen LogP contribution is 2.13. The van der Waals surface area contributed by atoms with E-state index in [2.05, 4.69) is 32.2 Å². The van der Waals surface area contributed by atoms with E-state index in [1.807, 2.05) is 37.3 Å². The Morgan fingerprint density at radius 3 is 2.48 bits per heavy atom. The Kier molecular flexibility index (Phi) is 5.60. The van der Waals surface area contributed by atoms with Crippen LogP contribution in [0.3, 0.4) is 0 Å². The van der Waals surface area contributed by atoms with Crippen LogP contribution in [0, 0.1) is 6.92 Å². The normalized spacial score (nSPS) is 15.2. The number of aryl methyl sites for hydroxylation is 1. The molecule has 3 rings (SSSR count). The van der Waals surface area contributed by atoms with Gasteiger partial charge < -0.3 is 15.1 Å². The average molecular weight is 339 g/mol. The fraction of sp³-hybridized carbons (Fsp3) is 0.421. The van der Waals surface area contributed by atoms with E-state index in [0.29, 0.717) is 12.2 Å². The Bertz CT molecular complexity index is 708. The van der Waals surface area contributed by atoms with Crippen LogP contribution < -0.4 is 10.2 Å². The van der Waals surface area contributed by atoms with Crippen molar-refractivity contribution in [2.24, 2.45) is 0 Å². The van der Waals surface area contributed by atoms with Gasteiger partial charge in [0.2, 0.25) is 0 Å². The summed E-state index contributed by atoms with van der Waals surface area (Å²) in [7, 11) is 0. The molecule has 0 atom stereocenters. The third-order valence-electron chi connectivity index (χ3n) is 4.73. The van der Waals surface area contributed by atoms with Gasteiger partial charge in [-0.3, -0.25) is 4.79 Å². The number of nitrogens with zero attached hydrogens (tertiary/aromatic N) is 4. The van der Waals surface area contributed by atoms with E-state index in [-0.39, 0.29) is 5.91 Å². The molecular weight excluding hydrogens is 314 g/mol. The molecule has 6 nitrogen and oxygen atoms in total. The molecular formula is C19H25N5O. The van der Waals surface area contributed by atoms with E-state index in [9.17, 15) is 4.79 Å². The first-order chi connectivity index (χ1) is 12.2. The molecule has 1 fully saturated rings. The monoisotopic (exact) mass is 339 g/mol. The number of carbonyl (C=O) groups excluding carboxylic acids is 1. The van der Waals surface area contributed by atoms with Crippen molar-refractivity contribution in [1.82, 2.24) is 20.4 Å². The molecule has 0 aliphatic carbocycles. The lowest BCUT2D eigenvalue weighted by atomic mass is 10.1. The number of rotatable bonds is 5. The fourth-order valence-corrected chi connectivity index (χ4v) is 2.98. The van der Waals surface area contributed by atoms with Crippen LogP contribution in [0.2, 0.25) is 0 Å². The van der Waals surface area contributed by atoms with Gasteiger partial charge in [0, 0.05) is 32.7 Å². The number of benzene rings is 1. The molecule has 132 valence electrons. The maximum Gasteiger partial charge on any atom is 0.272 e. The fourth-order valence-electron chi connectivity index (χ4n) is 2.98. The van der Waals surface area contributed by atoms with Crippen LogP contribution in [0.5, 0.6) is 0 Å². The van der Waals surface area contributed by atoms with Gasteiger partial charge >= 0.3 is 0 Å². The molecule has 1 amide bonds. The smallest absolute Gasteiger partial charge is 0.272 e. The molecule has 1 aromatic carbocycles. The number of hydrogen-bond acceptors (Lipinski definition) is 5. The first kappa shape index (κ1) is 17.4. The van der Waals surface area contributed by atoms with E-state index in [0.717, 1.165) is 49.7 Å². The van der Waals surface area contributed by atoms with Gasteiger partial charge in [0.05, 0.1) is 0 Å². The minimum atomic E-state index is -0.196. The molecule has 0 radical (unpaired) electrons. The van der Waals surface area contributed by atoms with Gasteiger partial charge in [-0.2, -0.15) is 0 Å². The van der Waals surface area contributed by atoms with Crippen LogP contribution in [-0.4, -0.2) is 53.7 Å². The van der Waals surface area contributed by atoms with Crippen molar-refractivity contribution in [3.63, 3.8) is 0 Å². The predicted molar refractivity (Wildman–Crippen MR) is 98.7 cm³/mol. The predicted octanol–water partition coefficient (Wildman–Crippen LogP) is 1.86. The summed E-state index contributed by atoms with van der Waals surface area (Å²) in [6.45, 7) is 9.76. The van der Waals surface area contributed by atoms with Gasteiger partial charge in [-0.15, -0.1) is 10.2 Å². The van der Waals surface area contributed by atoms with Crippen LogP contribution in [0.4, 0.5) is 5.82 Å². The molecule has 0 spiro atoms. The van der Waals surface area contributed by atoms with Crippen molar-refractivity contribution >= 4 is 11.7 Å². The summed E-state index contributed by atoms with van der Waals surface area (Å²) in [5.74, 6) is 0.643. The van der Waals surface area contributed by atoms with Crippen LogP contribution in [0.15, 0.2) is 36.4 Å². The zero-order chi connectivity index (χ0) is 17.6. The van der Waals surface area contributed by atoms with E-state index < -0.39 is 0 Å². The van der Waals surface area contributed by atoms with Gasteiger partial charge in [0.1, 0.15) is 0 Å². The number of aromatic nitrogens is 2. The molecule has 25 heavy (non-hydrogen) atoms. The van der Waals surface area contributed by atoms with E-state index in [1.54, 1.807) is 6.07 Å². The summed E-state index contributed by atoms with van der Waals surface area (Å²) in [6.07, 6.45) is 0. The summed E-state index contributed by atoms with van der Waals surface area (Å²) >= 11 is 0. The SMILES string of the molecule is CCN1CCN(c2ccc(C(=O)NCc3ccccc3C)nn2)CC1. The standard InChI is InChI=1S/C19H25N5O/c1-3-23-10-12-24(13-11-23)18-9-8-17(21-22-18)19(25)20-14-16-7-5-4-6-15(16)2/h4-9H,3,10-14H2,1-2H3,(H,20,25). The molecule has 0 saturated carbocycles. The lowest BCUT2D eigenvalue weighted by molar-refractivity contribution is 0.0945. The van der Waals surface area contributed by atoms with Gasteiger partial charge in [0.25, 0.3) is 5.91 Å². The molecule has 1 aliphatic rings. The lowest BCUT2D eigenvalue weighted by Gasteiger charge is -2.34. The summed E-state index contributed by atoms with van der Waals surface area (Å²) in [4.78, 5) is 16.9. The Morgan fingerprint density at radius 1 is 1.08 bits per heavy atom. The average Bonchev–Trinajstić information content (AvgIpc) is 2.67. The number of anilines is 1. The molecule has 0 unspecified atom stereocenters. The maximum atomic E-state index is 12.3. The zero-order valence-electron chi connectivity index (χ0n) is 14.9. The second-order valence-corrected chi connectivity index (χ2v) is 6.31. The third kappa shape index (κ3) is 4.33. The Morgan fingerprint density at radius 2 is 1.84 bits per heavy atom. The summed E-state index contributed by atoms with van der Waals surface area (Å²) in [5.41, 5.74) is 2.62. The van der Waals surface area contributed by atoms with Crippen molar-refractivity contribution in [3.8, 4) is 0 Å². The highest BCUT2D eigenvalue weighted by Gasteiger charge is 2.17. The first-order valence-corrected chi connectivity index (χ1v) is 8.81. The molecule has 6 heteroatoms. The van der Waals surface area contributed by atoms with Crippen molar-refractivity contribution in [1.29, 1.82) is 0 Å². The summed E-state index contributed by atoms with van der Waals surface area (Å²) in [5, 5.41) is 11.3. The van der Waals surface area contributed by atoms with Gasteiger partial charge in [-0.25, -0.2) is 0 Å². The highest BCUT2D eigenvalue weighted by molar-refractivity contribution is 5.92. The van der Waals surface area contributed by atoms with Crippen LogP contribution in [0.1, 0.15) is 28.5 Å². The number of nitrogens with one attached hydrogen (secondary N) is 1. The minimum Gasteiger partial charge on any atom is -0.353 e. The largest absolute Gasteiger partial charge is 0.353 e. The van der Waals surface area contributed by atoms with E-state index in [4.69, 9.17) is 0 Å². The Balaban J connectivity index is 1.56. The lowest BCUT2D eigenvalue weighted by Crippen LogP contribution is -2.46. The van der Waals surface area contributed by atoms with Crippen molar-refractivity contribution < 1.29 is 4.79 Å². The van der Waals surface area contributed by atoms with E-state index in [1.165, 1.54) is 0 Å². The van der Waals surface area contributed by atoms with Crippen LogP contribution in [-0.2, 0) is 6.54 Å². The van der Waals surface area contributed by atoms with Crippen molar-refractivity contribution in [3.05, 3.63) is 53.2 Å². The second kappa shape index (κ2) is 8.07. The molecule has 1 N–H and O–H groups in total. The number of carbonyl (C=O) groups is 1. The van der Waals surface area contributed by atoms with Crippen LogP contribution in [0.25, 0.3) is 0 Å². The van der Waals surface area contributed by atoms with Crippen molar-refractivity contribution in [2.75, 3.05) is 37.6 Å². The molecule has 1 saturated heterocycles. The molecule has 0 bridgehead atoms. The molecule has 1 aromatic heterocycles. The number of likely N-dealkylation sites (N-methyl/N-ethyl adjacent to an activating group) is 1. The zero-order valence-corrected chi connectivity index (χ0v) is 14.9. The van der Waals surface area contributed by atoms with E-state index >= 15 is 0 Å².